The molecule has 1 fully saturated rings. The first kappa shape index (κ1) is 16.5. The van der Waals surface area contributed by atoms with Gasteiger partial charge < -0.3 is 14.6 Å². The van der Waals surface area contributed by atoms with E-state index in [1.807, 2.05) is 6.26 Å². The molecule has 1 N–H and O–H groups in total. The summed E-state index contributed by atoms with van der Waals surface area (Å²) in [6.07, 6.45) is 1.82. The number of likely N-dealkylation sites (tertiary alicyclic amines) is 1. The van der Waals surface area contributed by atoms with Crippen molar-refractivity contribution in [2.45, 2.75) is 52.4 Å². The van der Waals surface area contributed by atoms with Gasteiger partial charge in [0.1, 0.15) is 5.76 Å². The maximum absolute atomic E-state index is 5.67. The van der Waals surface area contributed by atoms with Gasteiger partial charge in [-0.05, 0) is 46.9 Å². The van der Waals surface area contributed by atoms with Crippen molar-refractivity contribution in [2.75, 3.05) is 27.2 Å². The zero-order chi connectivity index (χ0) is 15.6. The highest BCUT2D eigenvalue weighted by molar-refractivity contribution is 5.17. The third kappa shape index (κ3) is 4.56. The van der Waals surface area contributed by atoms with E-state index in [1.54, 1.807) is 0 Å². The van der Waals surface area contributed by atoms with Crippen LogP contribution in [0.1, 0.15) is 39.0 Å². The lowest BCUT2D eigenvalue weighted by Gasteiger charge is -2.23. The highest BCUT2D eigenvalue weighted by Crippen LogP contribution is 2.23. The molecule has 1 aliphatic rings. The molecular formula is C17H31N3O. The molecular weight excluding hydrogens is 262 g/mol. The molecule has 1 aromatic heterocycles. The Hall–Kier alpha value is -0.840. The van der Waals surface area contributed by atoms with Crippen LogP contribution in [-0.4, -0.2) is 48.6 Å². The summed E-state index contributed by atoms with van der Waals surface area (Å²) in [5.41, 5.74) is 1.43. The van der Waals surface area contributed by atoms with Gasteiger partial charge in [0.15, 0.2) is 0 Å². The first-order valence-electron chi connectivity index (χ1n) is 7.95. The molecule has 2 unspecified atom stereocenters. The topological polar surface area (TPSA) is 31.7 Å². The molecule has 1 aliphatic heterocycles. The quantitative estimate of drug-likeness (QED) is 0.904. The minimum absolute atomic E-state index is 0.113. The van der Waals surface area contributed by atoms with E-state index in [9.17, 15) is 0 Å². The van der Waals surface area contributed by atoms with Crippen LogP contribution in [0.2, 0.25) is 0 Å². The second-order valence-corrected chi connectivity index (χ2v) is 7.67. The van der Waals surface area contributed by atoms with Crippen molar-refractivity contribution in [1.29, 1.82) is 0 Å². The van der Waals surface area contributed by atoms with E-state index in [-0.39, 0.29) is 5.54 Å². The van der Waals surface area contributed by atoms with Gasteiger partial charge in [-0.2, -0.15) is 0 Å². The summed E-state index contributed by atoms with van der Waals surface area (Å²) in [6, 6.07) is 2.78. The Labute approximate surface area is 129 Å². The minimum Gasteiger partial charge on any atom is -0.468 e. The van der Waals surface area contributed by atoms with E-state index < -0.39 is 0 Å². The highest BCUT2D eigenvalue weighted by atomic mass is 16.3. The Morgan fingerprint density at radius 3 is 2.62 bits per heavy atom. The summed E-state index contributed by atoms with van der Waals surface area (Å²) in [7, 11) is 4.36. The zero-order valence-corrected chi connectivity index (χ0v) is 14.4. The maximum atomic E-state index is 5.67. The van der Waals surface area contributed by atoms with Crippen LogP contribution >= 0.6 is 0 Å². The summed E-state index contributed by atoms with van der Waals surface area (Å²) in [5.74, 6) is 1.80. The highest BCUT2D eigenvalue weighted by Gasteiger charge is 2.31. The van der Waals surface area contributed by atoms with Crippen molar-refractivity contribution < 1.29 is 4.42 Å². The molecule has 21 heavy (non-hydrogen) atoms. The third-order valence-electron chi connectivity index (χ3n) is 4.32. The fraction of sp³-hybridized carbons (Fsp3) is 0.765. The number of hydrogen-bond acceptors (Lipinski definition) is 4. The largest absolute Gasteiger partial charge is 0.468 e. The molecule has 0 aliphatic carbocycles. The number of nitrogens with zero attached hydrogens (tertiary/aromatic N) is 2. The number of nitrogens with one attached hydrogen (secondary N) is 1. The Morgan fingerprint density at radius 1 is 1.33 bits per heavy atom. The van der Waals surface area contributed by atoms with Crippen LogP contribution in [0.25, 0.3) is 0 Å². The zero-order valence-electron chi connectivity index (χ0n) is 14.4. The van der Waals surface area contributed by atoms with Crippen molar-refractivity contribution in [3.05, 3.63) is 23.7 Å². The molecule has 0 radical (unpaired) electrons. The number of furan rings is 1. The lowest BCUT2D eigenvalue weighted by molar-refractivity contribution is 0.249. The summed E-state index contributed by atoms with van der Waals surface area (Å²) < 4.78 is 5.67. The van der Waals surface area contributed by atoms with Crippen LogP contribution < -0.4 is 5.32 Å². The summed E-state index contributed by atoms with van der Waals surface area (Å²) >= 11 is 0. The molecule has 1 saturated heterocycles. The van der Waals surface area contributed by atoms with Crippen LogP contribution in [0.3, 0.4) is 0 Å². The summed E-state index contributed by atoms with van der Waals surface area (Å²) in [5, 5.41) is 3.50. The van der Waals surface area contributed by atoms with E-state index in [0.717, 1.165) is 31.3 Å². The van der Waals surface area contributed by atoms with Crippen LogP contribution in [-0.2, 0) is 13.1 Å². The van der Waals surface area contributed by atoms with Crippen LogP contribution in [0.5, 0.6) is 0 Å². The predicted molar refractivity (Wildman–Crippen MR) is 87.2 cm³/mol. The van der Waals surface area contributed by atoms with Crippen molar-refractivity contribution in [3.8, 4) is 0 Å². The van der Waals surface area contributed by atoms with Gasteiger partial charge >= 0.3 is 0 Å². The first-order valence-corrected chi connectivity index (χ1v) is 7.95. The van der Waals surface area contributed by atoms with E-state index >= 15 is 0 Å². The van der Waals surface area contributed by atoms with Gasteiger partial charge in [0, 0.05) is 36.8 Å². The van der Waals surface area contributed by atoms with Crippen LogP contribution in [0.4, 0.5) is 0 Å². The summed E-state index contributed by atoms with van der Waals surface area (Å²) in [4.78, 5) is 4.89. The third-order valence-corrected chi connectivity index (χ3v) is 4.32. The average Bonchev–Trinajstić information content (AvgIpc) is 2.93. The standard InChI is InChI=1S/C17H31N3O/c1-13-10-20(12-15(13)19(5)6)11-14-7-8-21-16(14)9-18-17(2,3)4/h7-8,13,15,18H,9-12H2,1-6H3. The Kier molecular flexibility index (Phi) is 5.12. The van der Waals surface area contributed by atoms with Crippen molar-refractivity contribution in [2.24, 2.45) is 5.92 Å². The Bertz CT molecular complexity index is 447. The second-order valence-electron chi connectivity index (χ2n) is 7.67. The van der Waals surface area contributed by atoms with Gasteiger partial charge in [-0.25, -0.2) is 0 Å². The van der Waals surface area contributed by atoms with Crippen molar-refractivity contribution >= 4 is 0 Å². The monoisotopic (exact) mass is 293 g/mol. The fourth-order valence-electron chi connectivity index (χ4n) is 3.10. The SMILES string of the molecule is CC1CN(Cc2ccoc2CNC(C)(C)C)CC1N(C)C. The lowest BCUT2D eigenvalue weighted by Crippen LogP contribution is -2.35. The summed E-state index contributed by atoms with van der Waals surface area (Å²) in [6.45, 7) is 13.0. The fourth-order valence-corrected chi connectivity index (χ4v) is 3.10. The first-order chi connectivity index (χ1) is 9.76. The average molecular weight is 293 g/mol. The number of rotatable bonds is 5. The Morgan fingerprint density at radius 2 is 2.05 bits per heavy atom. The van der Waals surface area contributed by atoms with Crippen LogP contribution in [0.15, 0.2) is 16.7 Å². The molecule has 0 bridgehead atoms. The normalized spacial score (nSPS) is 24.1. The van der Waals surface area contributed by atoms with E-state index in [4.69, 9.17) is 4.42 Å². The molecule has 0 saturated carbocycles. The molecule has 0 amide bonds. The molecule has 2 atom stereocenters. The smallest absolute Gasteiger partial charge is 0.122 e. The van der Waals surface area contributed by atoms with Crippen molar-refractivity contribution in [3.63, 3.8) is 0 Å². The maximum Gasteiger partial charge on any atom is 0.122 e. The van der Waals surface area contributed by atoms with E-state index in [0.29, 0.717) is 6.04 Å². The van der Waals surface area contributed by atoms with Gasteiger partial charge in [-0.15, -0.1) is 0 Å². The molecule has 4 nitrogen and oxygen atoms in total. The molecule has 2 rings (SSSR count). The minimum atomic E-state index is 0.113. The van der Waals surface area contributed by atoms with E-state index in [1.165, 1.54) is 12.1 Å². The van der Waals surface area contributed by atoms with Crippen molar-refractivity contribution in [1.82, 2.24) is 15.1 Å². The number of hydrogen-bond donors (Lipinski definition) is 1. The molecule has 1 aromatic rings. The van der Waals surface area contributed by atoms with Gasteiger partial charge in [-0.1, -0.05) is 6.92 Å². The molecule has 2 heterocycles. The lowest BCUT2D eigenvalue weighted by atomic mass is 10.1. The van der Waals surface area contributed by atoms with Gasteiger partial charge in [0.25, 0.3) is 0 Å². The van der Waals surface area contributed by atoms with Gasteiger partial charge in [0.05, 0.1) is 12.8 Å². The molecule has 120 valence electrons. The van der Waals surface area contributed by atoms with Gasteiger partial charge in [0.2, 0.25) is 0 Å². The number of likely N-dealkylation sites (N-methyl/N-ethyl adjacent to an activating group) is 1. The van der Waals surface area contributed by atoms with E-state index in [2.05, 4.69) is 63.0 Å². The second kappa shape index (κ2) is 6.51. The molecule has 0 aromatic carbocycles. The Balaban J connectivity index is 1.94. The van der Waals surface area contributed by atoms with Crippen LogP contribution in [0, 0.1) is 5.92 Å². The predicted octanol–water partition coefficient (Wildman–Crippen LogP) is 2.55. The van der Waals surface area contributed by atoms with Gasteiger partial charge in [-0.3, -0.25) is 4.90 Å². The molecule has 4 heteroatoms. The molecule has 0 spiro atoms.